The number of nitrogen functional groups attached to an aromatic ring is 1. The molecule has 230 valence electrons. The van der Waals surface area contributed by atoms with Crippen molar-refractivity contribution in [2.75, 3.05) is 38.1 Å². The van der Waals surface area contributed by atoms with Crippen LogP contribution in [0.4, 0.5) is 5.95 Å². The molecule has 2 N–H and O–H groups in total. The first kappa shape index (κ1) is 32.3. The van der Waals surface area contributed by atoms with Crippen molar-refractivity contribution in [1.82, 2.24) is 19.5 Å². The number of benzene rings is 1. The molecule has 0 aliphatic carbocycles. The van der Waals surface area contributed by atoms with Crippen LogP contribution < -0.4 is 5.73 Å². The molecule has 0 amide bonds. The second-order valence-electron chi connectivity index (χ2n) is 9.53. The summed E-state index contributed by atoms with van der Waals surface area (Å²) in [5.41, 5.74) is 4.87. The first-order valence-corrected chi connectivity index (χ1v) is 16.5. The zero-order valence-electron chi connectivity index (χ0n) is 22.5. The molecule has 0 saturated carbocycles. The number of imidazole rings is 1. The number of anilines is 1. The molecule has 3 heterocycles. The highest BCUT2D eigenvalue weighted by Gasteiger charge is 2.58. The Labute approximate surface area is 251 Å². The Balaban J connectivity index is 1.86. The van der Waals surface area contributed by atoms with Gasteiger partial charge in [0.2, 0.25) is 5.95 Å². The first-order chi connectivity index (χ1) is 19.6. The maximum Gasteiger partial charge on any atom is 0.302 e. The van der Waals surface area contributed by atoms with Gasteiger partial charge >= 0.3 is 5.97 Å². The number of aromatic nitrogens is 4. The van der Waals surface area contributed by atoms with Crippen molar-refractivity contribution in [3.63, 3.8) is 0 Å². The van der Waals surface area contributed by atoms with Gasteiger partial charge in [-0.05, 0) is 17.7 Å². The molecule has 2 unspecified atom stereocenters. The summed E-state index contributed by atoms with van der Waals surface area (Å²) in [6, 6.07) is 6.68. The summed E-state index contributed by atoms with van der Waals surface area (Å²) >= 11 is 12.2. The zero-order valence-corrected chi connectivity index (χ0v) is 25.6. The molecule has 1 fully saturated rings. The third-order valence-corrected chi connectivity index (χ3v) is 7.76. The number of fused-ring (bicyclic) bond motifs is 1. The monoisotopic (exact) mass is 667 g/mol. The minimum atomic E-state index is -4.07. The van der Waals surface area contributed by atoms with Gasteiger partial charge in [-0.1, -0.05) is 35.3 Å². The number of hydrogen-bond donors (Lipinski definition) is 1. The summed E-state index contributed by atoms with van der Waals surface area (Å²) < 4.78 is 78.0. The van der Waals surface area contributed by atoms with Gasteiger partial charge in [-0.25, -0.2) is 4.98 Å². The molecule has 1 aromatic carbocycles. The lowest BCUT2D eigenvalue weighted by Gasteiger charge is -2.34. The van der Waals surface area contributed by atoms with E-state index in [0.29, 0.717) is 10.6 Å². The number of hydrogen-bond acceptors (Lipinski definition) is 14. The Morgan fingerprint density at radius 1 is 1.07 bits per heavy atom. The normalized spacial score (nSPS) is 20.6. The van der Waals surface area contributed by atoms with Gasteiger partial charge in [0.1, 0.15) is 43.3 Å². The number of carbonyl (C=O) groups is 1. The average molecular weight is 669 g/mol. The third-order valence-electron chi connectivity index (χ3n) is 6.16. The Bertz CT molecular complexity index is 1630. The largest absolute Gasteiger partial charge is 0.465 e. The van der Waals surface area contributed by atoms with Crippen LogP contribution in [0.1, 0.15) is 18.7 Å². The van der Waals surface area contributed by atoms with E-state index in [2.05, 4.69) is 15.0 Å². The molecule has 4 rings (SSSR count). The first-order valence-electron chi connectivity index (χ1n) is 12.1. The van der Waals surface area contributed by atoms with Crippen LogP contribution in [0.3, 0.4) is 0 Å². The highest BCUT2D eigenvalue weighted by Crippen LogP contribution is 2.46. The quantitative estimate of drug-likeness (QED) is 0.166. The van der Waals surface area contributed by atoms with Crippen LogP contribution in [-0.4, -0.2) is 86.4 Å². The number of carbonyl (C=O) groups excluding carboxylic acids is 1. The number of nitrogens with zero attached hydrogens (tertiary/aromatic N) is 4. The molecule has 1 aliphatic rings. The van der Waals surface area contributed by atoms with E-state index in [-0.39, 0.29) is 35.5 Å². The predicted molar refractivity (Wildman–Crippen MR) is 149 cm³/mol. The molecule has 0 bridgehead atoms. The summed E-state index contributed by atoms with van der Waals surface area (Å²) in [5.74, 6) is -1.74. The van der Waals surface area contributed by atoms with Gasteiger partial charge in [-0.3, -0.25) is 17.7 Å². The summed E-state index contributed by atoms with van der Waals surface area (Å²) in [7, 11) is -8.15. The molecular weight excluding hydrogens is 641 g/mol. The van der Waals surface area contributed by atoms with Gasteiger partial charge in [-0.2, -0.15) is 26.8 Å². The lowest BCUT2D eigenvalue weighted by atomic mass is 9.90. The lowest BCUT2D eigenvalue weighted by molar-refractivity contribution is -0.153. The van der Waals surface area contributed by atoms with E-state index < -0.39 is 63.3 Å². The summed E-state index contributed by atoms with van der Waals surface area (Å²) in [6.45, 7) is -0.658. The molecule has 42 heavy (non-hydrogen) atoms. The topological polar surface area (TPSA) is 201 Å². The fourth-order valence-electron chi connectivity index (χ4n) is 4.39. The maximum atomic E-state index is 12.1. The third kappa shape index (κ3) is 7.84. The van der Waals surface area contributed by atoms with Crippen LogP contribution >= 0.6 is 23.2 Å². The van der Waals surface area contributed by atoms with Crippen LogP contribution in [0, 0.1) is 5.92 Å². The van der Waals surface area contributed by atoms with E-state index in [4.69, 9.17) is 51.5 Å². The second kappa shape index (κ2) is 12.5. The highest BCUT2D eigenvalue weighted by molar-refractivity contribution is 7.86. The number of esters is 1. The van der Waals surface area contributed by atoms with Crippen LogP contribution in [0.25, 0.3) is 11.2 Å². The number of rotatable bonds is 12. The van der Waals surface area contributed by atoms with Crippen molar-refractivity contribution >= 4 is 66.5 Å². The number of ether oxygens (including phenoxy) is 3. The fraction of sp³-hybridized carbons (Fsp3) is 0.478. The zero-order chi connectivity index (χ0) is 30.9. The van der Waals surface area contributed by atoms with E-state index in [0.717, 1.165) is 12.5 Å². The summed E-state index contributed by atoms with van der Waals surface area (Å²) in [4.78, 5) is 24.2. The Morgan fingerprint density at radius 2 is 1.69 bits per heavy atom. The van der Waals surface area contributed by atoms with E-state index in [1.807, 2.05) is 0 Å². The molecule has 0 radical (unpaired) electrons. The van der Waals surface area contributed by atoms with Crippen LogP contribution in [-0.2, 0) is 54.2 Å². The molecule has 3 atom stereocenters. The number of nitrogens with two attached hydrogens (primary N) is 1. The molecule has 0 spiro atoms. The smallest absolute Gasteiger partial charge is 0.302 e. The average Bonchev–Trinajstić information content (AvgIpc) is 3.43. The second-order valence-corrected chi connectivity index (χ2v) is 13.6. The fourth-order valence-corrected chi connectivity index (χ4v) is 5.57. The molecule has 1 aliphatic heterocycles. The number of halogens is 2. The molecule has 19 heteroatoms. The summed E-state index contributed by atoms with van der Waals surface area (Å²) in [5, 5.41) is 0.438. The summed E-state index contributed by atoms with van der Waals surface area (Å²) in [6.07, 6.45) is 0.580. The predicted octanol–water partition coefficient (Wildman–Crippen LogP) is 1.70. The van der Waals surface area contributed by atoms with Gasteiger partial charge in [0.15, 0.2) is 10.8 Å². The van der Waals surface area contributed by atoms with Gasteiger partial charge in [-0.15, -0.1) is 0 Å². The van der Waals surface area contributed by atoms with E-state index >= 15 is 0 Å². The Hall–Kier alpha value is -2.64. The van der Waals surface area contributed by atoms with E-state index in [1.165, 1.54) is 17.8 Å². The van der Waals surface area contributed by atoms with Crippen molar-refractivity contribution in [1.29, 1.82) is 0 Å². The van der Waals surface area contributed by atoms with E-state index in [9.17, 15) is 21.6 Å². The van der Waals surface area contributed by atoms with Crippen molar-refractivity contribution in [2.45, 2.75) is 31.5 Å². The van der Waals surface area contributed by atoms with Crippen LogP contribution in [0.2, 0.25) is 10.2 Å². The van der Waals surface area contributed by atoms with Crippen molar-refractivity contribution in [3.8, 4) is 0 Å². The highest BCUT2D eigenvalue weighted by atomic mass is 35.5. The van der Waals surface area contributed by atoms with Crippen LogP contribution in [0.15, 0.2) is 30.6 Å². The molecular formula is C23H27Cl2N5O10S2. The molecule has 3 aromatic rings. The van der Waals surface area contributed by atoms with Gasteiger partial charge < -0.3 is 19.9 Å². The SMILES string of the molecule is CC(=O)OCC1C(n2cnc3c(Cl)nc(N)nc32)OC(COS(C)(=O)=O)(COS(C)(=O)=O)[C@H]1OCc1ccc(Cl)cc1. The minimum Gasteiger partial charge on any atom is -0.465 e. The minimum absolute atomic E-state index is 0.0478. The molecule has 15 nitrogen and oxygen atoms in total. The standard InChI is InChI=1S/C23H27Cl2N5O10S2/c1-13(31)36-9-16-18(37-8-14-4-6-15(24)7-5-14)23(10-38-41(2,32)33,11-39-42(3,34)35)40-21(16)30-12-27-17-19(25)28-22(26)29-20(17)30/h4-7,12,16,18,21H,8-11H2,1-3H3,(H2,26,28,29)/t16?,18-,21?/m0/s1. The maximum absolute atomic E-state index is 12.1. The lowest BCUT2D eigenvalue weighted by Crippen LogP contribution is -2.52. The van der Waals surface area contributed by atoms with Crippen LogP contribution in [0.5, 0.6) is 0 Å². The van der Waals surface area contributed by atoms with Gasteiger partial charge in [0, 0.05) is 11.9 Å². The Morgan fingerprint density at radius 3 is 2.26 bits per heavy atom. The van der Waals surface area contributed by atoms with Gasteiger partial charge in [0.25, 0.3) is 20.2 Å². The molecule has 1 saturated heterocycles. The van der Waals surface area contributed by atoms with Crippen molar-refractivity contribution < 1.29 is 44.2 Å². The van der Waals surface area contributed by atoms with Gasteiger partial charge in [0.05, 0.1) is 31.4 Å². The Kier molecular flexibility index (Phi) is 9.63. The van der Waals surface area contributed by atoms with E-state index in [1.54, 1.807) is 24.3 Å². The van der Waals surface area contributed by atoms with Crippen molar-refractivity contribution in [2.24, 2.45) is 5.92 Å². The van der Waals surface area contributed by atoms with Crippen molar-refractivity contribution in [3.05, 3.63) is 46.3 Å². The molecule has 2 aromatic heterocycles.